The first-order chi connectivity index (χ1) is 9.49. The second-order valence-corrected chi connectivity index (χ2v) is 6.47. The Kier molecular flexibility index (Phi) is 4.11. The molecule has 104 valence electrons. The van der Waals surface area contributed by atoms with Gasteiger partial charge in [0.1, 0.15) is 4.21 Å². The maximum atomic E-state index is 11.7. The van der Waals surface area contributed by atoms with Crippen molar-refractivity contribution in [2.75, 3.05) is 0 Å². The molecule has 7 nitrogen and oxygen atoms in total. The van der Waals surface area contributed by atoms with Crippen LogP contribution in [-0.4, -0.2) is 19.6 Å². The van der Waals surface area contributed by atoms with Crippen LogP contribution in [0.4, 0.5) is 5.69 Å². The van der Waals surface area contributed by atoms with Gasteiger partial charge in [-0.3, -0.25) is 10.1 Å². The number of nitro groups is 1. The summed E-state index contributed by atoms with van der Waals surface area (Å²) in [5, 5.41) is 15.7. The molecule has 9 heteroatoms. The molecule has 1 aromatic carbocycles. The quantitative estimate of drug-likeness (QED) is 0.518. The minimum Gasteiger partial charge on any atom is -0.258 e. The summed E-state index contributed by atoms with van der Waals surface area (Å²) in [6.07, 6.45) is 1.27. The van der Waals surface area contributed by atoms with E-state index in [9.17, 15) is 18.5 Å². The fourth-order valence-corrected chi connectivity index (χ4v) is 3.09. The van der Waals surface area contributed by atoms with E-state index < -0.39 is 14.9 Å². The van der Waals surface area contributed by atoms with E-state index in [4.69, 9.17) is 0 Å². The first-order valence-corrected chi connectivity index (χ1v) is 7.68. The number of hydrazone groups is 1. The van der Waals surface area contributed by atoms with E-state index in [2.05, 4.69) is 9.93 Å². The van der Waals surface area contributed by atoms with E-state index in [1.54, 1.807) is 11.4 Å². The fourth-order valence-electron chi connectivity index (χ4n) is 1.31. The number of sulfonamides is 1. The van der Waals surface area contributed by atoms with Crippen LogP contribution < -0.4 is 4.83 Å². The second kappa shape index (κ2) is 5.80. The van der Waals surface area contributed by atoms with Gasteiger partial charge in [0.2, 0.25) is 0 Å². The number of thiophene rings is 1. The summed E-state index contributed by atoms with van der Waals surface area (Å²) in [6, 6.07) is 8.67. The lowest BCUT2D eigenvalue weighted by Crippen LogP contribution is -2.17. The summed E-state index contributed by atoms with van der Waals surface area (Å²) in [4.78, 5) is 12.0. The lowest BCUT2D eigenvalue weighted by Gasteiger charge is -1.99. The van der Waals surface area contributed by atoms with Crippen molar-refractivity contribution >= 4 is 33.3 Å². The number of hydrogen-bond acceptors (Lipinski definition) is 6. The van der Waals surface area contributed by atoms with Crippen LogP contribution in [0.2, 0.25) is 0 Å². The molecule has 1 aromatic heterocycles. The molecule has 2 rings (SSSR count). The maximum absolute atomic E-state index is 11.7. The van der Waals surface area contributed by atoms with Gasteiger partial charge in [-0.2, -0.15) is 18.4 Å². The average Bonchev–Trinajstić information content (AvgIpc) is 2.94. The molecule has 0 aliphatic carbocycles. The highest BCUT2D eigenvalue weighted by atomic mass is 32.2. The zero-order chi connectivity index (χ0) is 14.6. The van der Waals surface area contributed by atoms with Crippen molar-refractivity contribution in [1.29, 1.82) is 0 Å². The molecule has 0 bridgehead atoms. The molecule has 0 saturated heterocycles. The van der Waals surface area contributed by atoms with Crippen LogP contribution in [-0.2, 0) is 10.0 Å². The Hall–Kier alpha value is -2.26. The van der Waals surface area contributed by atoms with Crippen LogP contribution in [0, 0.1) is 10.1 Å². The Morgan fingerprint density at radius 2 is 1.95 bits per heavy atom. The molecule has 0 aliphatic heterocycles. The van der Waals surface area contributed by atoms with Crippen molar-refractivity contribution < 1.29 is 13.3 Å². The Bertz CT molecular complexity index is 722. The summed E-state index contributed by atoms with van der Waals surface area (Å²) in [5.74, 6) is 0. The number of nitrogens with zero attached hydrogens (tertiary/aromatic N) is 2. The number of rotatable bonds is 5. The van der Waals surface area contributed by atoms with Crippen molar-refractivity contribution in [1.82, 2.24) is 4.83 Å². The average molecular weight is 311 g/mol. The fraction of sp³-hybridized carbons (Fsp3) is 0. The van der Waals surface area contributed by atoms with Gasteiger partial charge in [0.05, 0.1) is 11.1 Å². The molecule has 0 saturated carbocycles. The van der Waals surface area contributed by atoms with E-state index >= 15 is 0 Å². The summed E-state index contributed by atoms with van der Waals surface area (Å²) in [7, 11) is -3.65. The molecule has 0 aliphatic rings. The molecule has 0 atom stereocenters. The highest BCUT2D eigenvalue weighted by Crippen LogP contribution is 2.15. The van der Waals surface area contributed by atoms with Gasteiger partial charge in [0.15, 0.2) is 0 Å². The molecule has 0 unspecified atom stereocenters. The predicted molar refractivity (Wildman–Crippen MR) is 75.3 cm³/mol. The summed E-state index contributed by atoms with van der Waals surface area (Å²) in [5.41, 5.74) is 0.505. The van der Waals surface area contributed by atoms with E-state index in [0.29, 0.717) is 5.56 Å². The molecular weight excluding hydrogens is 302 g/mol. The van der Waals surface area contributed by atoms with Crippen LogP contribution >= 0.6 is 11.3 Å². The molecule has 0 radical (unpaired) electrons. The molecule has 0 fully saturated rings. The van der Waals surface area contributed by atoms with Crippen LogP contribution in [0.3, 0.4) is 0 Å². The number of non-ortho nitro benzene ring substituents is 1. The first-order valence-electron chi connectivity index (χ1n) is 5.32. The highest BCUT2D eigenvalue weighted by Gasteiger charge is 2.13. The summed E-state index contributed by atoms with van der Waals surface area (Å²) in [6.45, 7) is 0. The largest absolute Gasteiger partial charge is 0.286 e. The summed E-state index contributed by atoms with van der Waals surface area (Å²) >= 11 is 1.08. The topological polar surface area (TPSA) is 102 Å². The molecule has 1 N–H and O–H groups in total. The standard InChI is InChI=1S/C11H9N3O4S2/c15-14(16)10-5-3-9(4-6-10)8-12-13-20(17,18)11-2-1-7-19-11/h1-8,13H/b12-8+. The lowest BCUT2D eigenvalue weighted by atomic mass is 10.2. The zero-order valence-corrected chi connectivity index (χ0v) is 11.6. The van der Waals surface area contributed by atoms with Crippen molar-refractivity contribution in [3.05, 3.63) is 57.5 Å². The van der Waals surface area contributed by atoms with Gasteiger partial charge in [-0.15, -0.1) is 11.3 Å². The van der Waals surface area contributed by atoms with Crippen LogP contribution in [0.1, 0.15) is 5.56 Å². The van der Waals surface area contributed by atoms with Gasteiger partial charge in [-0.25, -0.2) is 0 Å². The van der Waals surface area contributed by atoms with Gasteiger partial charge in [0, 0.05) is 12.1 Å². The smallest absolute Gasteiger partial charge is 0.258 e. The van der Waals surface area contributed by atoms with Crippen molar-refractivity contribution in [3.8, 4) is 0 Å². The molecular formula is C11H9N3O4S2. The molecule has 20 heavy (non-hydrogen) atoms. The van der Waals surface area contributed by atoms with E-state index in [-0.39, 0.29) is 9.90 Å². The van der Waals surface area contributed by atoms with Gasteiger partial charge < -0.3 is 0 Å². The van der Waals surface area contributed by atoms with Crippen molar-refractivity contribution in [3.63, 3.8) is 0 Å². The maximum Gasteiger partial charge on any atom is 0.286 e. The lowest BCUT2D eigenvalue weighted by molar-refractivity contribution is -0.384. The van der Waals surface area contributed by atoms with Gasteiger partial charge in [-0.1, -0.05) is 6.07 Å². The van der Waals surface area contributed by atoms with Gasteiger partial charge in [0.25, 0.3) is 15.7 Å². The van der Waals surface area contributed by atoms with Crippen molar-refractivity contribution in [2.45, 2.75) is 4.21 Å². The number of benzene rings is 1. The van der Waals surface area contributed by atoms with Crippen LogP contribution in [0.5, 0.6) is 0 Å². The van der Waals surface area contributed by atoms with E-state index in [0.717, 1.165) is 11.3 Å². The Morgan fingerprint density at radius 3 is 2.50 bits per heavy atom. The molecule has 1 heterocycles. The number of nitrogens with one attached hydrogen (secondary N) is 1. The SMILES string of the molecule is O=[N+]([O-])c1ccc(/C=N/NS(=O)(=O)c2cccs2)cc1. The minimum atomic E-state index is -3.65. The van der Waals surface area contributed by atoms with Crippen LogP contribution in [0.25, 0.3) is 0 Å². The monoisotopic (exact) mass is 311 g/mol. The highest BCUT2D eigenvalue weighted by molar-refractivity contribution is 7.91. The molecule has 0 spiro atoms. The zero-order valence-electron chi connectivity index (χ0n) is 9.96. The van der Waals surface area contributed by atoms with Gasteiger partial charge >= 0.3 is 0 Å². The summed E-state index contributed by atoms with van der Waals surface area (Å²) < 4.78 is 23.6. The third kappa shape index (κ3) is 3.39. The third-order valence-electron chi connectivity index (χ3n) is 2.25. The minimum absolute atomic E-state index is 0.0404. The Morgan fingerprint density at radius 1 is 1.25 bits per heavy atom. The van der Waals surface area contributed by atoms with E-state index in [1.807, 2.05) is 0 Å². The predicted octanol–water partition coefficient (Wildman–Crippen LogP) is 1.97. The van der Waals surface area contributed by atoms with Crippen molar-refractivity contribution in [2.24, 2.45) is 5.10 Å². The number of nitro benzene ring substituents is 1. The first kappa shape index (κ1) is 14.2. The Balaban J connectivity index is 2.05. The number of hydrogen-bond donors (Lipinski definition) is 1. The normalized spacial score (nSPS) is 11.6. The molecule has 2 aromatic rings. The van der Waals surface area contributed by atoms with Gasteiger partial charge in [-0.05, 0) is 29.1 Å². The van der Waals surface area contributed by atoms with E-state index in [1.165, 1.54) is 36.5 Å². The Labute approximate surface area is 118 Å². The second-order valence-electron chi connectivity index (χ2n) is 3.63. The molecule has 0 amide bonds. The van der Waals surface area contributed by atoms with Crippen LogP contribution in [0.15, 0.2) is 51.1 Å². The third-order valence-corrected chi connectivity index (χ3v) is 4.87.